The molecule has 0 N–H and O–H groups in total. The van der Waals surface area contributed by atoms with E-state index in [-0.39, 0.29) is 40.8 Å². The molecule has 0 radical (unpaired) electrons. The Morgan fingerprint density at radius 3 is 2.61 bits per heavy atom. The van der Waals surface area contributed by atoms with E-state index in [0.29, 0.717) is 44.3 Å². The zero-order valence-corrected chi connectivity index (χ0v) is 22.4. The number of hydrogen-bond acceptors (Lipinski definition) is 7. The standard InChI is InChI=1S/C29H29F2N6O4/c1-34-9-19(8-32-34)17-5-6-22-18(7-17)11-37-12-23(33-22)28(37)36(24-3-2-4-25(27(24)37)41-29(30)31)26(38)10-35-20-13-39-15-21(35)16-40-14-20/h2-9,11,20-21,23,28-29H,10,12-16H2,1H3/q+1/t20?,21?,23-,28?,37+/m1/s1. The zero-order valence-electron chi connectivity index (χ0n) is 22.4. The number of carbonyl (C=O) groups excluding carboxylic acids is 1. The number of halogens is 2. The summed E-state index contributed by atoms with van der Waals surface area (Å²) < 4.78 is 45.7. The summed E-state index contributed by atoms with van der Waals surface area (Å²) in [6.45, 7) is -0.227. The lowest BCUT2D eigenvalue weighted by Crippen LogP contribution is -2.75. The van der Waals surface area contributed by atoms with Crippen LogP contribution in [-0.4, -0.2) is 91.0 Å². The van der Waals surface area contributed by atoms with Gasteiger partial charge in [0.1, 0.15) is 18.4 Å². The second-order valence-corrected chi connectivity index (χ2v) is 11.3. The Kier molecular flexibility index (Phi) is 5.59. The van der Waals surface area contributed by atoms with Crippen molar-refractivity contribution in [1.82, 2.24) is 19.2 Å². The van der Waals surface area contributed by atoms with Crippen LogP contribution in [0.2, 0.25) is 0 Å². The highest BCUT2D eigenvalue weighted by Gasteiger charge is 2.67. The molecule has 3 atom stereocenters. The Bertz CT molecular complexity index is 1660. The van der Waals surface area contributed by atoms with Crippen molar-refractivity contribution in [2.75, 3.05) is 44.4 Å². The molecule has 6 heterocycles. The van der Waals surface area contributed by atoms with E-state index >= 15 is 0 Å². The number of rotatable bonds is 5. The van der Waals surface area contributed by atoms with E-state index in [1.54, 1.807) is 27.9 Å². The zero-order chi connectivity index (χ0) is 27.9. The summed E-state index contributed by atoms with van der Waals surface area (Å²) in [6.07, 6.45) is 5.41. The van der Waals surface area contributed by atoms with Crippen LogP contribution in [0.25, 0.3) is 17.3 Å². The molecule has 1 amide bonds. The number of alkyl halides is 2. The summed E-state index contributed by atoms with van der Waals surface area (Å²) in [5, 5.41) is 5.98. The maximum Gasteiger partial charge on any atom is 0.387 e. The summed E-state index contributed by atoms with van der Waals surface area (Å²) in [7, 11) is 1.87. The van der Waals surface area contributed by atoms with Crippen LogP contribution in [0.1, 0.15) is 0 Å². The Morgan fingerprint density at radius 1 is 1.12 bits per heavy atom. The number of fused-ring (bicyclic) bond motifs is 6. The van der Waals surface area contributed by atoms with Crippen LogP contribution < -0.4 is 24.7 Å². The minimum atomic E-state index is -2.99. The van der Waals surface area contributed by atoms with Gasteiger partial charge in [0.05, 0.1) is 61.8 Å². The van der Waals surface area contributed by atoms with Crippen molar-refractivity contribution in [3.8, 4) is 16.9 Å². The highest BCUT2D eigenvalue weighted by Crippen LogP contribution is 2.57. The summed E-state index contributed by atoms with van der Waals surface area (Å²) >= 11 is 0. The molecule has 3 saturated heterocycles. The van der Waals surface area contributed by atoms with E-state index in [0.717, 1.165) is 21.7 Å². The van der Waals surface area contributed by atoms with Gasteiger partial charge in [-0.2, -0.15) is 13.9 Å². The van der Waals surface area contributed by atoms with Crippen LogP contribution in [0, 0.1) is 0 Å². The van der Waals surface area contributed by atoms with Crippen molar-refractivity contribution in [2.24, 2.45) is 12.0 Å². The first-order valence-corrected chi connectivity index (χ1v) is 13.8. The largest absolute Gasteiger partial charge is 0.428 e. The fourth-order valence-corrected chi connectivity index (χ4v) is 7.22. The third-order valence-corrected chi connectivity index (χ3v) is 8.95. The van der Waals surface area contributed by atoms with Gasteiger partial charge in [0.2, 0.25) is 17.8 Å². The first-order chi connectivity index (χ1) is 19.9. The first-order valence-electron chi connectivity index (χ1n) is 13.8. The molecule has 3 aromatic rings. The van der Waals surface area contributed by atoms with E-state index in [4.69, 9.17) is 19.2 Å². The average Bonchev–Trinajstić information content (AvgIpc) is 3.34. The van der Waals surface area contributed by atoms with Crippen LogP contribution in [0.15, 0.2) is 53.8 Å². The van der Waals surface area contributed by atoms with Crippen LogP contribution in [0.3, 0.4) is 0 Å². The number of benzene rings is 2. The number of quaternary nitrogens is 1. The molecule has 4 bridgehead atoms. The molecule has 5 aliphatic rings. The van der Waals surface area contributed by atoms with Gasteiger partial charge in [0, 0.05) is 18.8 Å². The van der Waals surface area contributed by atoms with Crippen molar-refractivity contribution >= 4 is 23.5 Å². The fraction of sp³-hybridized carbons (Fsp3) is 0.414. The van der Waals surface area contributed by atoms with Crippen molar-refractivity contribution in [2.45, 2.75) is 30.9 Å². The molecule has 8 rings (SSSR count). The van der Waals surface area contributed by atoms with E-state index in [1.807, 2.05) is 31.4 Å². The molecular formula is C29H29F2N6O4+. The number of nitrogens with zero attached hydrogens (tertiary/aromatic N) is 6. The normalized spacial score (nSPS) is 29.4. The topological polar surface area (TPSA) is 81.4 Å². The summed E-state index contributed by atoms with van der Waals surface area (Å²) in [6, 6.07) is 10.9. The number of ether oxygens (including phenoxy) is 3. The van der Waals surface area contributed by atoms with Gasteiger partial charge in [0.15, 0.2) is 11.8 Å². The van der Waals surface area contributed by atoms with Crippen molar-refractivity contribution in [3.05, 3.63) is 59.4 Å². The van der Waals surface area contributed by atoms with Gasteiger partial charge >= 0.3 is 6.61 Å². The first kappa shape index (κ1) is 25.0. The highest BCUT2D eigenvalue weighted by atomic mass is 19.3. The number of hydrogen-bond donors (Lipinski definition) is 0. The third-order valence-electron chi connectivity index (χ3n) is 8.95. The monoisotopic (exact) mass is 563 g/mol. The predicted octanol–water partition coefficient (Wildman–Crippen LogP) is 1.22. The van der Waals surface area contributed by atoms with E-state index < -0.39 is 12.8 Å². The lowest BCUT2D eigenvalue weighted by Gasteiger charge is -2.50. The third kappa shape index (κ3) is 3.78. The summed E-state index contributed by atoms with van der Waals surface area (Å²) in [5.74, 6) is -0.0180. The van der Waals surface area contributed by atoms with Crippen molar-refractivity contribution < 1.29 is 27.8 Å². The Balaban J connectivity index is 1.25. The highest BCUT2D eigenvalue weighted by molar-refractivity contribution is 6.04. The molecule has 0 saturated carbocycles. The molecule has 41 heavy (non-hydrogen) atoms. The van der Waals surface area contributed by atoms with Crippen LogP contribution >= 0.6 is 0 Å². The molecule has 1 unspecified atom stereocenters. The molecule has 2 aromatic carbocycles. The van der Waals surface area contributed by atoms with E-state index in [9.17, 15) is 13.6 Å². The minimum absolute atomic E-state index is 0.000504. The smallest absolute Gasteiger partial charge is 0.387 e. The SMILES string of the molecule is Cn1cc(-c2ccc3c(c2)=C[N@@+]24C[C@@H](N=3)C2N(C(=O)CN2C3COCC2COC3)c2cccc(OC(F)F)c24)cn1. The second kappa shape index (κ2) is 9.15. The van der Waals surface area contributed by atoms with Crippen LogP contribution in [-0.2, 0) is 21.3 Å². The lowest BCUT2D eigenvalue weighted by atomic mass is 9.99. The maximum atomic E-state index is 14.2. The van der Waals surface area contributed by atoms with Crippen molar-refractivity contribution in [3.63, 3.8) is 0 Å². The van der Waals surface area contributed by atoms with E-state index in [2.05, 4.69) is 22.3 Å². The minimum Gasteiger partial charge on any atom is -0.428 e. The molecule has 12 heteroatoms. The van der Waals surface area contributed by atoms with Crippen LogP contribution in [0.5, 0.6) is 5.75 Å². The second-order valence-electron chi connectivity index (χ2n) is 11.3. The number of aromatic nitrogens is 2. The molecule has 5 aliphatic heterocycles. The Morgan fingerprint density at radius 2 is 1.90 bits per heavy atom. The van der Waals surface area contributed by atoms with Crippen molar-refractivity contribution in [1.29, 1.82) is 0 Å². The maximum absolute atomic E-state index is 14.2. The predicted molar refractivity (Wildman–Crippen MR) is 145 cm³/mol. The average molecular weight is 564 g/mol. The number of aryl methyl sites for hydroxylation is 1. The van der Waals surface area contributed by atoms with Gasteiger partial charge in [-0.15, -0.1) is 0 Å². The Labute approximate surface area is 234 Å². The van der Waals surface area contributed by atoms with Gasteiger partial charge in [-0.05, 0) is 29.8 Å². The molecule has 10 nitrogen and oxygen atoms in total. The number of anilines is 1. The number of para-hydroxylation sites is 1. The lowest BCUT2D eigenvalue weighted by molar-refractivity contribution is -0.147. The molecule has 1 spiro atoms. The fourth-order valence-electron chi connectivity index (χ4n) is 7.22. The molecular weight excluding hydrogens is 534 g/mol. The number of carbonyl (C=O) groups is 1. The van der Waals surface area contributed by atoms with Gasteiger partial charge in [-0.1, -0.05) is 12.1 Å². The number of amides is 1. The Hall–Kier alpha value is -3.71. The van der Waals surface area contributed by atoms with Gasteiger partial charge in [-0.3, -0.25) is 24.3 Å². The van der Waals surface area contributed by atoms with Gasteiger partial charge < -0.3 is 14.2 Å². The van der Waals surface area contributed by atoms with Crippen LogP contribution in [0.4, 0.5) is 20.2 Å². The number of morpholine rings is 2. The van der Waals surface area contributed by atoms with E-state index in [1.165, 1.54) is 0 Å². The van der Waals surface area contributed by atoms with Gasteiger partial charge in [0.25, 0.3) is 0 Å². The quantitative estimate of drug-likeness (QED) is 0.435. The van der Waals surface area contributed by atoms with Gasteiger partial charge in [-0.25, -0.2) is 4.48 Å². The molecule has 0 aliphatic carbocycles. The summed E-state index contributed by atoms with van der Waals surface area (Å²) in [4.78, 5) is 23.3. The molecule has 3 fully saturated rings. The summed E-state index contributed by atoms with van der Waals surface area (Å²) in [5.41, 5.74) is 3.10. The molecule has 212 valence electrons. The molecule has 1 aromatic heterocycles.